The van der Waals surface area contributed by atoms with Crippen molar-refractivity contribution in [2.45, 2.75) is 6.04 Å². The summed E-state index contributed by atoms with van der Waals surface area (Å²) in [5, 5.41) is 11.6. The molecule has 0 heterocycles. The zero-order chi connectivity index (χ0) is 16.3. The van der Waals surface area contributed by atoms with E-state index in [4.69, 9.17) is 0 Å². The summed E-state index contributed by atoms with van der Waals surface area (Å²) in [6.45, 7) is -0.655. The summed E-state index contributed by atoms with van der Waals surface area (Å²) in [5.74, 6) is -5.69. The Morgan fingerprint density at radius 1 is 1.05 bits per heavy atom. The summed E-state index contributed by atoms with van der Waals surface area (Å²) in [4.78, 5) is 11.9. The third-order valence-corrected chi connectivity index (χ3v) is 3.00. The van der Waals surface area contributed by atoms with E-state index in [-0.39, 0.29) is 11.1 Å². The molecular weight excluding hydrogens is 302 g/mol. The van der Waals surface area contributed by atoms with E-state index in [0.29, 0.717) is 12.1 Å². The second-order valence-electron chi connectivity index (χ2n) is 4.51. The van der Waals surface area contributed by atoms with Gasteiger partial charge in [0.1, 0.15) is 5.82 Å². The minimum absolute atomic E-state index is 0.0999. The quantitative estimate of drug-likeness (QED) is 0.673. The number of aliphatic hydroxyl groups is 1. The number of halogens is 4. The topological polar surface area (TPSA) is 49.3 Å². The van der Waals surface area contributed by atoms with Gasteiger partial charge in [-0.15, -0.1) is 0 Å². The van der Waals surface area contributed by atoms with E-state index >= 15 is 0 Å². The summed E-state index contributed by atoms with van der Waals surface area (Å²) < 4.78 is 52.1. The highest BCUT2D eigenvalue weighted by Crippen LogP contribution is 2.19. The van der Waals surface area contributed by atoms with E-state index in [9.17, 15) is 27.5 Å². The average molecular weight is 313 g/mol. The molecule has 1 unspecified atom stereocenters. The lowest BCUT2D eigenvalue weighted by Crippen LogP contribution is -2.31. The van der Waals surface area contributed by atoms with Gasteiger partial charge >= 0.3 is 0 Å². The predicted molar refractivity (Wildman–Crippen MR) is 70.0 cm³/mol. The molecule has 0 aliphatic rings. The van der Waals surface area contributed by atoms with Gasteiger partial charge in [-0.05, 0) is 42.0 Å². The summed E-state index contributed by atoms with van der Waals surface area (Å²) >= 11 is 0. The number of amides is 1. The zero-order valence-corrected chi connectivity index (χ0v) is 11.1. The van der Waals surface area contributed by atoms with Crippen LogP contribution in [0.5, 0.6) is 0 Å². The largest absolute Gasteiger partial charge is 0.394 e. The smallest absolute Gasteiger partial charge is 0.251 e. The molecule has 0 saturated carbocycles. The van der Waals surface area contributed by atoms with Crippen LogP contribution in [0.2, 0.25) is 0 Å². The van der Waals surface area contributed by atoms with Crippen LogP contribution in [0.15, 0.2) is 36.4 Å². The lowest BCUT2D eigenvalue weighted by molar-refractivity contribution is 0.0916. The van der Waals surface area contributed by atoms with E-state index in [1.165, 1.54) is 12.1 Å². The molecule has 1 atom stereocenters. The molecule has 0 aliphatic carbocycles. The Morgan fingerprint density at radius 3 is 2.09 bits per heavy atom. The molecule has 2 aromatic carbocycles. The normalized spacial score (nSPS) is 12.0. The highest BCUT2D eigenvalue weighted by molar-refractivity contribution is 5.94. The Labute approximate surface area is 123 Å². The van der Waals surface area contributed by atoms with Crippen molar-refractivity contribution in [1.29, 1.82) is 0 Å². The van der Waals surface area contributed by atoms with Gasteiger partial charge in [0.25, 0.3) is 5.91 Å². The van der Waals surface area contributed by atoms with Crippen LogP contribution in [0.25, 0.3) is 0 Å². The first-order valence-electron chi connectivity index (χ1n) is 6.24. The molecule has 2 aromatic rings. The molecule has 3 nitrogen and oxygen atoms in total. The summed E-state index contributed by atoms with van der Waals surface area (Å²) in [5.41, 5.74) is -0.0303. The van der Waals surface area contributed by atoms with Gasteiger partial charge in [-0.2, -0.15) is 0 Å². The van der Waals surface area contributed by atoms with Crippen LogP contribution >= 0.6 is 0 Å². The van der Waals surface area contributed by atoms with Crippen LogP contribution in [0, 0.1) is 23.3 Å². The molecule has 0 bridgehead atoms. The van der Waals surface area contributed by atoms with E-state index in [1.54, 1.807) is 0 Å². The van der Waals surface area contributed by atoms with Crippen LogP contribution in [-0.4, -0.2) is 17.6 Å². The molecule has 0 aliphatic heterocycles. The third kappa shape index (κ3) is 3.43. The minimum Gasteiger partial charge on any atom is -0.394 e. The number of hydrogen-bond donors (Lipinski definition) is 2. The first kappa shape index (κ1) is 16.0. The summed E-state index contributed by atoms with van der Waals surface area (Å²) in [7, 11) is 0. The van der Waals surface area contributed by atoms with Gasteiger partial charge < -0.3 is 10.4 Å². The molecule has 0 radical (unpaired) electrons. The number of carbonyl (C=O) groups is 1. The summed E-state index contributed by atoms with van der Waals surface area (Å²) in [6.07, 6.45) is 0. The van der Waals surface area contributed by atoms with E-state index in [0.717, 1.165) is 12.1 Å². The number of carbonyl (C=O) groups excluding carboxylic acids is 1. The van der Waals surface area contributed by atoms with Crippen molar-refractivity contribution in [3.05, 3.63) is 70.8 Å². The van der Waals surface area contributed by atoms with Crippen molar-refractivity contribution in [3.63, 3.8) is 0 Å². The Kier molecular flexibility index (Phi) is 4.77. The van der Waals surface area contributed by atoms with Gasteiger partial charge in [0.05, 0.1) is 12.6 Å². The zero-order valence-electron chi connectivity index (χ0n) is 11.1. The predicted octanol–water partition coefficient (Wildman–Crippen LogP) is 2.71. The van der Waals surface area contributed by atoms with Crippen molar-refractivity contribution in [2.75, 3.05) is 6.61 Å². The molecular formula is C15H11F4NO2. The van der Waals surface area contributed by atoms with Gasteiger partial charge in [0.2, 0.25) is 0 Å². The number of nitrogens with one attached hydrogen (secondary N) is 1. The van der Waals surface area contributed by atoms with E-state index in [1.807, 2.05) is 0 Å². The maximum absolute atomic E-state index is 13.2. The lowest BCUT2D eigenvalue weighted by atomic mass is 10.1. The number of aliphatic hydroxyl groups excluding tert-OH is 1. The lowest BCUT2D eigenvalue weighted by Gasteiger charge is -2.17. The van der Waals surface area contributed by atoms with Crippen LogP contribution in [0.4, 0.5) is 17.6 Å². The molecule has 1 amide bonds. The highest BCUT2D eigenvalue weighted by Gasteiger charge is 2.19. The summed E-state index contributed by atoms with van der Waals surface area (Å²) in [6, 6.07) is 4.80. The average Bonchev–Trinajstić information content (AvgIpc) is 2.50. The minimum atomic E-state index is -1.63. The van der Waals surface area contributed by atoms with Crippen LogP contribution in [0.3, 0.4) is 0 Å². The molecule has 0 saturated heterocycles. The van der Waals surface area contributed by atoms with Gasteiger partial charge in [0.15, 0.2) is 17.5 Å². The Balaban J connectivity index is 2.22. The fraction of sp³-hybridized carbons (Fsp3) is 0.133. The number of benzene rings is 2. The van der Waals surface area contributed by atoms with Crippen LogP contribution < -0.4 is 5.32 Å². The molecule has 0 spiro atoms. The van der Waals surface area contributed by atoms with E-state index in [2.05, 4.69) is 5.32 Å². The standard InChI is InChI=1S/C15H11F4NO2/c16-10-3-1-8(2-4-10)15(22)20-13(7-21)9-5-11(17)14(19)12(18)6-9/h1-6,13,21H,7H2,(H,20,22). The van der Waals surface area contributed by atoms with Gasteiger partial charge in [0, 0.05) is 5.56 Å². The third-order valence-electron chi connectivity index (χ3n) is 3.00. The van der Waals surface area contributed by atoms with Crippen molar-refractivity contribution in [1.82, 2.24) is 5.32 Å². The first-order valence-corrected chi connectivity index (χ1v) is 6.24. The maximum atomic E-state index is 13.2. The molecule has 7 heteroatoms. The monoisotopic (exact) mass is 313 g/mol. The molecule has 2 rings (SSSR count). The molecule has 0 fully saturated rings. The highest BCUT2D eigenvalue weighted by atomic mass is 19.2. The van der Waals surface area contributed by atoms with Crippen LogP contribution in [-0.2, 0) is 0 Å². The number of hydrogen-bond acceptors (Lipinski definition) is 2. The molecule has 22 heavy (non-hydrogen) atoms. The molecule has 0 aromatic heterocycles. The van der Waals surface area contributed by atoms with Crippen molar-refractivity contribution in [3.8, 4) is 0 Å². The van der Waals surface area contributed by atoms with Gasteiger partial charge in [-0.3, -0.25) is 4.79 Å². The SMILES string of the molecule is O=C(NC(CO)c1cc(F)c(F)c(F)c1)c1ccc(F)cc1. The molecule has 116 valence electrons. The fourth-order valence-electron chi connectivity index (χ4n) is 1.85. The van der Waals surface area contributed by atoms with Gasteiger partial charge in [-0.25, -0.2) is 17.6 Å². The second-order valence-corrected chi connectivity index (χ2v) is 4.51. The Bertz CT molecular complexity index is 665. The number of rotatable bonds is 4. The fourth-order valence-corrected chi connectivity index (χ4v) is 1.85. The van der Waals surface area contributed by atoms with Crippen LogP contribution in [0.1, 0.15) is 22.0 Å². The Hall–Kier alpha value is -2.41. The maximum Gasteiger partial charge on any atom is 0.251 e. The Morgan fingerprint density at radius 2 is 1.59 bits per heavy atom. The molecule has 2 N–H and O–H groups in total. The van der Waals surface area contributed by atoms with Crippen molar-refractivity contribution < 1.29 is 27.5 Å². The van der Waals surface area contributed by atoms with Gasteiger partial charge in [-0.1, -0.05) is 0 Å². The second kappa shape index (κ2) is 6.57. The van der Waals surface area contributed by atoms with Crippen molar-refractivity contribution in [2.24, 2.45) is 0 Å². The van der Waals surface area contributed by atoms with Crippen molar-refractivity contribution >= 4 is 5.91 Å². The van der Waals surface area contributed by atoms with E-state index < -0.39 is 41.8 Å². The first-order chi connectivity index (χ1) is 10.4.